The van der Waals surface area contributed by atoms with Crippen molar-refractivity contribution in [2.45, 2.75) is 19.3 Å². The second-order valence-corrected chi connectivity index (χ2v) is 10.8. The van der Waals surface area contributed by atoms with Crippen LogP contribution < -0.4 is 0 Å². The van der Waals surface area contributed by atoms with Gasteiger partial charge in [0.25, 0.3) is 0 Å². The lowest BCUT2D eigenvalue weighted by atomic mass is 9.81. The molecule has 2 aliphatic rings. The van der Waals surface area contributed by atoms with Gasteiger partial charge in [-0.05, 0) is 57.6 Å². The highest BCUT2D eigenvalue weighted by atomic mass is 35.5. The highest BCUT2D eigenvalue weighted by molar-refractivity contribution is 6.30. The van der Waals surface area contributed by atoms with Crippen molar-refractivity contribution in [2.24, 2.45) is 0 Å². The fraction of sp³-hybridized carbons (Fsp3) is 0.0909. The number of halogens is 1. The molecule has 0 unspecified atom stereocenters. The van der Waals surface area contributed by atoms with Gasteiger partial charge in [0.15, 0.2) is 0 Å². The molecule has 0 spiro atoms. The molecule has 2 heteroatoms. The third-order valence-corrected chi connectivity index (χ3v) is 8.46. The van der Waals surface area contributed by atoms with Crippen molar-refractivity contribution >= 4 is 33.4 Å². The third kappa shape index (κ3) is 2.34. The summed E-state index contributed by atoms with van der Waals surface area (Å²) in [5.74, 6) is 0. The first kappa shape index (κ1) is 19.5. The maximum atomic E-state index is 6.19. The Balaban J connectivity index is 1.60. The molecule has 0 atom stereocenters. The Hall–Kier alpha value is -3.81. The first-order chi connectivity index (χ1) is 17.0. The molecule has 6 aromatic rings. The van der Waals surface area contributed by atoms with Crippen LogP contribution in [-0.4, -0.2) is 4.57 Å². The molecule has 8 rings (SSSR count). The van der Waals surface area contributed by atoms with Crippen molar-refractivity contribution in [3.05, 3.63) is 113 Å². The molecular weight excluding hydrogens is 446 g/mol. The summed E-state index contributed by atoms with van der Waals surface area (Å²) in [5.41, 5.74) is 14.4. The lowest BCUT2D eigenvalue weighted by Gasteiger charge is -2.23. The van der Waals surface area contributed by atoms with Crippen LogP contribution in [0.3, 0.4) is 0 Å². The van der Waals surface area contributed by atoms with E-state index in [0.717, 1.165) is 5.02 Å². The van der Waals surface area contributed by atoms with E-state index >= 15 is 0 Å². The van der Waals surface area contributed by atoms with Crippen LogP contribution in [0.25, 0.3) is 60.9 Å². The maximum Gasteiger partial charge on any atom is 0.0623 e. The van der Waals surface area contributed by atoms with Crippen molar-refractivity contribution in [3.63, 3.8) is 0 Å². The molecule has 0 fully saturated rings. The zero-order valence-corrected chi connectivity index (χ0v) is 20.3. The summed E-state index contributed by atoms with van der Waals surface area (Å²) in [6, 6.07) is 35.5. The van der Waals surface area contributed by atoms with Gasteiger partial charge in [-0.25, -0.2) is 0 Å². The van der Waals surface area contributed by atoms with Crippen molar-refractivity contribution < 1.29 is 0 Å². The number of hydrogen-bond donors (Lipinski definition) is 0. The Bertz CT molecular complexity index is 1870. The van der Waals surface area contributed by atoms with Gasteiger partial charge in [-0.3, -0.25) is 0 Å². The summed E-state index contributed by atoms with van der Waals surface area (Å²) in [6.07, 6.45) is 0. The standard InChI is InChI=1S/C33H22ClN/c1-33(2)26-8-5-7-24-23-15-12-20(19-10-13-21(34)14-11-19)18-29(23)35-28-9-4-3-6-22(28)25-16-17-27(33)31(30(24)26)32(25)35/h3-18H,1-2H3. The van der Waals surface area contributed by atoms with Crippen LogP contribution in [0, 0.1) is 0 Å². The summed E-state index contributed by atoms with van der Waals surface area (Å²) >= 11 is 6.19. The van der Waals surface area contributed by atoms with E-state index in [-0.39, 0.29) is 5.41 Å². The van der Waals surface area contributed by atoms with Gasteiger partial charge in [0.2, 0.25) is 0 Å². The Labute approximate surface area is 209 Å². The number of aromatic nitrogens is 1. The molecule has 2 heterocycles. The zero-order valence-electron chi connectivity index (χ0n) is 19.6. The summed E-state index contributed by atoms with van der Waals surface area (Å²) in [7, 11) is 0. The minimum Gasteiger partial charge on any atom is -0.308 e. The third-order valence-electron chi connectivity index (χ3n) is 8.20. The van der Waals surface area contributed by atoms with Crippen LogP contribution in [0.15, 0.2) is 97.1 Å². The van der Waals surface area contributed by atoms with E-state index in [4.69, 9.17) is 11.6 Å². The summed E-state index contributed by atoms with van der Waals surface area (Å²) < 4.78 is 2.52. The molecule has 166 valence electrons. The maximum absolute atomic E-state index is 6.19. The largest absolute Gasteiger partial charge is 0.308 e. The molecule has 1 nitrogen and oxygen atoms in total. The van der Waals surface area contributed by atoms with Crippen molar-refractivity contribution in [1.82, 2.24) is 4.57 Å². The molecule has 1 aliphatic carbocycles. The Kier molecular flexibility index (Phi) is 3.59. The first-order valence-corrected chi connectivity index (χ1v) is 12.5. The van der Waals surface area contributed by atoms with Gasteiger partial charge in [0.1, 0.15) is 0 Å². The molecule has 0 amide bonds. The molecule has 1 aromatic heterocycles. The van der Waals surface area contributed by atoms with Gasteiger partial charge in [0, 0.05) is 32.3 Å². The fourth-order valence-electron chi connectivity index (χ4n) is 6.56. The number of nitrogens with zero attached hydrogens (tertiary/aromatic N) is 1. The number of fused-ring (bicyclic) bond motifs is 6. The van der Waals surface area contributed by atoms with E-state index in [0.29, 0.717) is 0 Å². The molecule has 0 bridgehead atoms. The molecule has 0 saturated carbocycles. The van der Waals surface area contributed by atoms with Crippen LogP contribution in [0.5, 0.6) is 0 Å². The highest BCUT2D eigenvalue weighted by Crippen LogP contribution is 2.58. The molecular formula is C33H22ClN. The highest BCUT2D eigenvalue weighted by Gasteiger charge is 2.40. The number of rotatable bonds is 1. The molecule has 5 aromatic carbocycles. The quantitative estimate of drug-likeness (QED) is 0.226. The normalized spacial score (nSPS) is 14.4. The minimum atomic E-state index is -0.0309. The second-order valence-electron chi connectivity index (χ2n) is 10.3. The average Bonchev–Trinajstić information content (AvgIpc) is 3.28. The molecule has 0 saturated heterocycles. The minimum absolute atomic E-state index is 0.0309. The van der Waals surface area contributed by atoms with Gasteiger partial charge in [0.05, 0.1) is 16.7 Å². The molecule has 1 aliphatic heterocycles. The lowest BCUT2D eigenvalue weighted by molar-refractivity contribution is 0.661. The smallest absolute Gasteiger partial charge is 0.0623 e. The van der Waals surface area contributed by atoms with Crippen LogP contribution in [0.1, 0.15) is 25.0 Å². The van der Waals surface area contributed by atoms with Crippen LogP contribution in [0.4, 0.5) is 0 Å². The fourth-order valence-corrected chi connectivity index (χ4v) is 6.69. The van der Waals surface area contributed by atoms with E-state index in [1.54, 1.807) is 0 Å². The first-order valence-electron chi connectivity index (χ1n) is 12.2. The summed E-state index contributed by atoms with van der Waals surface area (Å²) in [4.78, 5) is 0. The summed E-state index contributed by atoms with van der Waals surface area (Å²) in [6.45, 7) is 4.73. The van der Waals surface area contributed by atoms with Gasteiger partial charge < -0.3 is 4.57 Å². The SMILES string of the molecule is CC1(C)c2cccc3c2-c2c1ccc1c4ccccc4n(c21)-c1cc(-c2ccc(Cl)cc2)ccc1-3. The van der Waals surface area contributed by atoms with E-state index in [2.05, 4.69) is 103 Å². The van der Waals surface area contributed by atoms with Crippen molar-refractivity contribution in [2.75, 3.05) is 0 Å². The predicted molar refractivity (Wildman–Crippen MR) is 148 cm³/mol. The van der Waals surface area contributed by atoms with Crippen molar-refractivity contribution in [1.29, 1.82) is 0 Å². The number of para-hydroxylation sites is 1. The Morgan fingerprint density at radius 3 is 2.26 bits per heavy atom. The van der Waals surface area contributed by atoms with Crippen LogP contribution >= 0.6 is 11.6 Å². The van der Waals surface area contributed by atoms with Gasteiger partial charge in [-0.15, -0.1) is 0 Å². The van der Waals surface area contributed by atoms with E-state index < -0.39 is 0 Å². The average molecular weight is 468 g/mol. The lowest BCUT2D eigenvalue weighted by Crippen LogP contribution is -2.15. The molecule has 0 radical (unpaired) electrons. The monoisotopic (exact) mass is 467 g/mol. The number of benzene rings is 5. The Morgan fingerprint density at radius 2 is 1.40 bits per heavy atom. The van der Waals surface area contributed by atoms with Crippen molar-refractivity contribution in [3.8, 4) is 39.1 Å². The van der Waals surface area contributed by atoms with E-state index in [1.807, 2.05) is 12.1 Å². The van der Waals surface area contributed by atoms with Gasteiger partial charge in [-0.1, -0.05) is 98.2 Å². The Morgan fingerprint density at radius 1 is 0.629 bits per heavy atom. The van der Waals surface area contributed by atoms with E-state index in [1.165, 1.54) is 72.0 Å². The topological polar surface area (TPSA) is 4.93 Å². The zero-order chi connectivity index (χ0) is 23.5. The van der Waals surface area contributed by atoms with Crippen LogP contribution in [0.2, 0.25) is 5.02 Å². The number of hydrogen-bond acceptors (Lipinski definition) is 0. The second kappa shape index (κ2) is 6.44. The van der Waals surface area contributed by atoms with Crippen LogP contribution in [-0.2, 0) is 5.41 Å². The van der Waals surface area contributed by atoms with Gasteiger partial charge in [-0.2, -0.15) is 0 Å². The van der Waals surface area contributed by atoms with E-state index in [9.17, 15) is 0 Å². The molecule has 35 heavy (non-hydrogen) atoms. The van der Waals surface area contributed by atoms with Gasteiger partial charge >= 0.3 is 0 Å². The predicted octanol–water partition coefficient (Wildman–Crippen LogP) is 9.39. The summed E-state index contributed by atoms with van der Waals surface area (Å²) in [5, 5.41) is 3.38. The molecule has 0 N–H and O–H groups in total.